The minimum absolute atomic E-state index is 1.07. The summed E-state index contributed by atoms with van der Waals surface area (Å²) in [5.74, 6) is 0. The zero-order valence-corrected chi connectivity index (χ0v) is 9.16. The third kappa shape index (κ3) is 2.63. The summed E-state index contributed by atoms with van der Waals surface area (Å²) in [6, 6.07) is 8.55. The number of rotatable bonds is 5. The lowest BCUT2D eigenvalue weighted by Gasteiger charge is -2.22. The summed E-state index contributed by atoms with van der Waals surface area (Å²) >= 11 is 0. The third-order valence-corrected chi connectivity index (χ3v) is 2.37. The second-order valence-corrected chi connectivity index (χ2v) is 3.38. The van der Waals surface area contributed by atoms with Crippen LogP contribution in [-0.4, -0.2) is 13.1 Å². The topological polar surface area (TPSA) is 3.24 Å². The van der Waals surface area contributed by atoms with Gasteiger partial charge in [0.05, 0.1) is 0 Å². The van der Waals surface area contributed by atoms with Crippen LogP contribution in [0.3, 0.4) is 0 Å². The molecule has 0 unspecified atom stereocenters. The summed E-state index contributed by atoms with van der Waals surface area (Å²) in [5.41, 5.74) is 2.49. The fraction of sp³-hybridized carbons (Fsp3) is 0.385. The standard InChI is InChI=1S/C13H19N/c1-4-11-14(6-3)13-9-7-12(5-2)8-10-13/h5,7-10H,2,4,6,11H2,1,3H3. The highest BCUT2D eigenvalue weighted by Gasteiger charge is 2.01. The Morgan fingerprint density at radius 3 is 2.29 bits per heavy atom. The summed E-state index contributed by atoms with van der Waals surface area (Å²) in [5, 5.41) is 0. The lowest BCUT2D eigenvalue weighted by Crippen LogP contribution is -2.23. The zero-order valence-electron chi connectivity index (χ0n) is 9.16. The predicted octanol–water partition coefficient (Wildman–Crippen LogP) is 3.57. The van der Waals surface area contributed by atoms with Gasteiger partial charge in [-0.25, -0.2) is 0 Å². The van der Waals surface area contributed by atoms with E-state index in [9.17, 15) is 0 Å². The fourth-order valence-corrected chi connectivity index (χ4v) is 1.56. The molecule has 1 rings (SSSR count). The normalized spacial score (nSPS) is 9.86. The van der Waals surface area contributed by atoms with E-state index in [0.29, 0.717) is 0 Å². The summed E-state index contributed by atoms with van der Waals surface area (Å²) in [6.07, 6.45) is 3.07. The van der Waals surface area contributed by atoms with Gasteiger partial charge in [0.1, 0.15) is 0 Å². The fourth-order valence-electron chi connectivity index (χ4n) is 1.56. The maximum atomic E-state index is 3.75. The second-order valence-electron chi connectivity index (χ2n) is 3.38. The van der Waals surface area contributed by atoms with E-state index >= 15 is 0 Å². The summed E-state index contributed by atoms with van der Waals surface area (Å²) in [7, 11) is 0. The molecule has 0 heterocycles. The monoisotopic (exact) mass is 189 g/mol. The Bertz CT molecular complexity index is 274. The third-order valence-electron chi connectivity index (χ3n) is 2.37. The number of benzene rings is 1. The van der Waals surface area contributed by atoms with E-state index in [-0.39, 0.29) is 0 Å². The van der Waals surface area contributed by atoms with Crippen molar-refractivity contribution in [2.45, 2.75) is 20.3 Å². The first kappa shape index (κ1) is 10.8. The molecule has 0 spiro atoms. The van der Waals surface area contributed by atoms with Crippen LogP contribution in [0, 0.1) is 0 Å². The Balaban J connectivity index is 2.77. The van der Waals surface area contributed by atoms with E-state index in [0.717, 1.165) is 13.1 Å². The molecule has 1 aromatic rings. The van der Waals surface area contributed by atoms with E-state index in [1.54, 1.807) is 0 Å². The average Bonchev–Trinajstić information content (AvgIpc) is 2.26. The second kappa shape index (κ2) is 5.48. The van der Waals surface area contributed by atoms with Crippen LogP contribution in [0.2, 0.25) is 0 Å². The Morgan fingerprint density at radius 2 is 1.86 bits per heavy atom. The van der Waals surface area contributed by atoms with Crippen molar-refractivity contribution in [2.75, 3.05) is 18.0 Å². The number of anilines is 1. The molecule has 0 saturated carbocycles. The quantitative estimate of drug-likeness (QED) is 0.684. The van der Waals surface area contributed by atoms with Crippen LogP contribution in [0.15, 0.2) is 30.8 Å². The van der Waals surface area contributed by atoms with Crippen LogP contribution in [0.1, 0.15) is 25.8 Å². The molecule has 76 valence electrons. The Labute approximate surface area is 87.1 Å². The Kier molecular flexibility index (Phi) is 4.24. The smallest absolute Gasteiger partial charge is 0.0366 e. The molecule has 0 amide bonds. The first-order valence-electron chi connectivity index (χ1n) is 5.29. The summed E-state index contributed by atoms with van der Waals surface area (Å²) < 4.78 is 0. The van der Waals surface area contributed by atoms with Crippen LogP contribution in [0.5, 0.6) is 0 Å². The molecule has 0 radical (unpaired) electrons. The van der Waals surface area contributed by atoms with E-state index in [1.807, 2.05) is 6.08 Å². The molecule has 0 saturated heterocycles. The first-order valence-corrected chi connectivity index (χ1v) is 5.29. The number of hydrogen-bond donors (Lipinski definition) is 0. The summed E-state index contributed by atoms with van der Waals surface area (Å²) in [6.45, 7) is 10.3. The van der Waals surface area contributed by atoms with Gasteiger partial charge in [-0.05, 0) is 31.0 Å². The molecular weight excluding hydrogens is 170 g/mol. The van der Waals surface area contributed by atoms with Crippen molar-refractivity contribution in [1.82, 2.24) is 0 Å². The molecule has 0 bridgehead atoms. The SMILES string of the molecule is C=Cc1ccc(N(CC)CCC)cc1. The molecule has 0 N–H and O–H groups in total. The lowest BCUT2D eigenvalue weighted by atomic mass is 10.2. The molecule has 0 fully saturated rings. The largest absolute Gasteiger partial charge is 0.372 e. The van der Waals surface area contributed by atoms with Gasteiger partial charge in [0.15, 0.2) is 0 Å². The van der Waals surface area contributed by atoms with E-state index in [2.05, 4.69) is 49.6 Å². The van der Waals surface area contributed by atoms with Gasteiger partial charge in [0.25, 0.3) is 0 Å². The molecule has 1 aromatic carbocycles. The molecule has 0 aliphatic carbocycles. The van der Waals surface area contributed by atoms with E-state index < -0.39 is 0 Å². The predicted molar refractivity (Wildman–Crippen MR) is 64.7 cm³/mol. The molecular formula is C13H19N. The molecule has 0 aliphatic rings. The highest BCUT2D eigenvalue weighted by atomic mass is 15.1. The van der Waals surface area contributed by atoms with Gasteiger partial charge in [-0.2, -0.15) is 0 Å². The van der Waals surface area contributed by atoms with Crippen molar-refractivity contribution in [3.8, 4) is 0 Å². The van der Waals surface area contributed by atoms with Gasteiger partial charge in [0.2, 0.25) is 0 Å². The van der Waals surface area contributed by atoms with Gasteiger partial charge in [-0.1, -0.05) is 31.7 Å². The summed E-state index contributed by atoms with van der Waals surface area (Å²) in [4.78, 5) is 2.38. The minimum Gasteiger partial charge on any atom is -0.372 e. The molecule has 1 heteroatoms. The van der Waals surface area contributed by atoms with Crippen molar-refractivity contribution >= 4 is 11.8 Å². The lowest BCUT2D eigenvalue weighted by molar-refractivity contribution is 0.792. The first-order chi connectivity index (χ1) is 6.81. The Hall–Kier alpha value is -1.24. The maximum absolute atomic E-state index is 3.75. The highest BCUT2D eigenvalue weighted by molar-refractivity contribution is 5.54. The Morgan fingerprint density at radius 1 is 1.21 bits per heavy atom. The van der Waals surface area contributed by atoms with E-state index in [1.165, 1.54) is 17.7 Å². The van der Waals surface area contributed by atoms with Gasteiger partial charge in [-0.3, -0.25) is 0 Å². The number of nitrogens with zero attached hydrogens (tertiary/aromatic N) is 1. The minimum atomic E-state index is 1.07. The van der Waals surface area contributed by atoms with Crippen molar-refractivity contribution in [2.24, 2.45) is 0 Å². The van der Waals surface area contributed by atoms with Crippen LogP contribution < -0.4 is 4.90 Å². The zero-order chi connectivity index (χ0) is 10.4. The molecule has 1 nitrogen and oxygen atoms in total. The number of hydrogen-bond acceptors (Lipinski definition) is 1. The average molecular weight is 189 g/mol. The molecule has 0 aromatic heterocycles. The van der Waals surface area contributed by atoms with E-state index in [4.69, 9.17) is 0 Å². The van der Waals surface area contributed by atoms with Crippen molar-refractivity contribution in [3.63, 3.8) is 0 Å². The van der Waals surface area contributed by atoms with Crippen molar-refractivity contribution in [3.05, 3.63) is 36.4 Å². The molecule has 0 aliphatic heterocycles. The highest BCUT2D eigenvalue weighted by Crippen LogP contribution is 2.15. The van der Waals surface area contributed by atoms with Crippen molar-refractivity contribution in [1.29, 1.82) is 0 Å². The van der Waals surface area contributed by atoms with Gasteiger partial charge in [-0.15, -0.1) is 0 Å². The van der Waals surface area contributed by atoms with Crippen LogP contribution >= 0.6 is 0 Å². The van der Waals surface area contributed by atoms with Crippen LogP contribution in [-0.2, 0) is 0 Å². The van der Waals surface area contributed by atoms with Gasteiger partial charge >= 0.3 is 0 Å². The van der Waals surface area contributed by atoms with Crippen molar-refractivity contribution < 1.29 is 0 Å². The molecule has 14 heavy (non-hydrogen) atoms. The maximum Gasteiger partial charge on any atom is 0.0366 e. The van der Waals surface area contributed by atoms with Gasteiger partial charge < -0.3 is 4.90 Å². The molecule has 0 atom stereocenters. The van der Waals surface area contributed by atoms with Gasteiger partial charge in [0, 0.05) is 18.8 Å². The van der Waals surface area contributed by atoms with Crippen LogP contribution in [0.25, 0.3) is 6.08 Å². The van der Waals surface area contributed by atoms with Crippen LogP contribution in [0.4, 0.5) is 5.69 Å².